The Balaban J connectivity index is 1.79. The lowest BCUT2D eigenvalue weighted by Gasteiger charge is -2.14. The van der Waals surface area contributed by atoms with Crippen molar-refractivity contribution in [2.45, 2.75) is 20.3 Å². The second-order valence-corrected chi connectivity index (χ2v) is 7.04. The molecule has 9 heteroatoms. The van der Waals surface area contributed by atoms with Gasteiger partial charge in [-0.1, -0.05) is 11.2 Å². The van der Waals surface area contributed by atoms with Gasteiger partial charge in [0, 0.05) is 35.8 Å². The highest BCUT2D eigenvalue weighted by Gasteiger charge is 2.22. The molecule has 0 saturated heterocycles. The molecule has 31 heavy (non-hydrogen) atoms. The van der Waals surface area contributed by atoms with Crippen molar-refractivity contribution in [1.82, 2.24) is 15.1 Å². The molecule has 4 rings (SSSR count). The molecule has 0 aliphatic rings. The fourth-order valence-corrected chi connectivity index (χ4v) is 3.63. The monoisotopic (exact) mass is 419 g/mol. The molecule has 0 bridgehead atoms. The number of benzene rings is 1. The summed E-state index contributed by atoms with van der Waals surface area (Å²) in [6.07, 6.45) is 3.62. The van der Waals surface area contributed by atoms with E-state index in [0.717, 1.165) is 22.5 Å². The highest BCUT2D eigenvalue weighted by molar-refractivity contribution is 5.99. The van der Waals surface area contributed by atoms with E-state index in [1.54, 1.807) is 19.4 Å². The minimum absolute atomic E-state index is 0.0966. The summed E-state index contributed by atoms with van der Waals surface area (Å²) in [6.45, 7) is 4.15. The number of aromatic nitrogens is 3. The van der Waals surface area contributed by atoms with Gasteiger partial charge in [-0.05, 0) is 38.1 Å². The van der Waals surface area contributed by atoms with E-state index in [1.807, 2.05) is 38.1 Å². The maximum atomic E-state index is 11.7. The van der Waals surface area contributed by atoms with E-state index in [2.05, 4.69) is 20.4 Å². The van der Waals surface area contributed by atoms with Gasteiger partial charge >= 0.3 is 5.69 Å². The number of nitrogens with one attached hydrogen (secondary N) is 1. The van der Waals surface area contributed by atoms with Crippen LogP contribution in [0.5, 0.6) is 5.75 Å². The molecule has 0 atom stereocenters. The molecule has 158 valence electrons. The zero-order valence-electron chi connectivity index (χ0n) is 17.4. The maximum Gasteiger partial charge on any atom is 0.311 e. The molecular formula is C22H21N5O4. The normalized spacial score (nSPS) is 10.9. The molecule has 1 aromatic carbocycles. The highest BCUT2D eigenvalue weighted by Crippen LogP contribution is 2.41. The van der Waals surface area contributed by atoms with Crippen molar-refractivity contribution in [3.8, 4) is 16.9 Å². The molecule has 3 heterocycles. The second kappa shape index (κ2) is 8.39. The Hall–Kier alpha value is -4.01. The topological polar surface area (TPSA) is 116 Å². The molecule has 0 aliphatic carbocycles. The standard InChI is InChI=1S/C22H21N5O4/c1-13-21(14(2)31-26-13)17-10-18-16(11-20(17)30-3)22(19(12-25-18)27(28)29)24-9-7-15-6-4-5-8-23-15/h4-6,8,10-12H,7,9H2,1-3H3,(H,24,25). The number of nitrogens with zero attached hydrogens (tertiary/aromatic N) is 4. The van der Waals surface area contributed by atoms with Crippen LogP contribution in [0.25, 0.3) is 22.0 Å². The van der Waals surface area contributed by atoms with E-state index in [1.165, 1.54) is 6.20 Å². The Labute approximate surface area is 178 Å². The van der Waals surface area contributed by atoms with Crippen LogP contribution in [0.15, 0.2) is 47.2 Å². The van der Waals surface area contributed by atoms with Gasteiger partial charge in [-0.2, -0.15) is 0 Å². The lowest BCUT2D eigenvalue weighted by Crippen LogP contribution is -2.09. The molecule has 0 unspecified atom stereocenters. The predicted molar refractivity (Wildman–Crippen MR) is 116 cm³/mol. The number of ether oxygens (including phenoxy) is 1. The summed E-state index contributed by atoms with van der Waals surface area (Å²) in [5, 5.41) is 19.5. The average Bonchev–Trinajstić information content (AvgIpc) is 3.11. The van der Waals surface area contributed by atoms with Crippen LogP contribution in [-0.4, -0.2) is 33.7 Å². The number of rotatable bonds is 7. The number of pyridine rings is 2. The number of hydrogen-bond donors (Lipinski definition) is 1. The van der Waals surface area contributed by atoms with Crippen molar-refractivity contribution >= 4 is 22.3 Å². The first-order valence-electron chi connectivity index (χ1n) is 9.71. The van der Waals surface area contributed by atoms with Gasteiger partial charge < -0.3 is 14.6 Å². The first-order valence-corrected chi connectivity index (χ1v) is 9.71. The molecular weight excluding hydrogens is 398 g/mol. The predicted octanol–water partition coefficient (Wildman–Crippen LogP) is 4.47. The van der Waals surface area contributed by atoms with Crippen LogP contribution >= 0.6 is 0 Å². The molecule has 4 aromatic rings. The molecule has 3 aromatic heterocycles. The Morgan fingerprint density at radius 3 is 2.71 bits per heavy atom. The Kier molecular flexibility index (Phi) is 5.48. The summed E-state index contributed by atoms with van der Waals surface area (Å²) in [4.78, 5) is 19.8. The van der Waals surface area contributed by atoms with Crippen molar-refractivity contribution in [3.63, 3.8) is 0 Å². The van der Waals surface area contributed by atoms with Gasteiger partial charge in [0.05, 0.1) is 28.8 Å². The van der Waals surface area contributed by atoms with E-state index in [-0.39, 0.29) is 5.69 Å². The molecule has 9 nitrogen and oxygen atoms in total. The number of nitro groups is 1. The van der Waals surface area contributed by atoms with Crippen LogP contribution in [-0.2, 0) is 6.42 Å². The third kappa shape index (κ3) is 3.89. The molecule has 0 fully saturated rings. The van der Waals surface area contributed by atoms with E-state index in [9.17, 15) is 10.1 Å². The maximum absolute atomic E-state index is 11.7. The Bertz CT molecular complexity index is 1230. The quantitative estimate of drug-likeness (QED) is 0.344. The van der Waals surface area contributed by atoms with Crippen LogP contribution in [0.2, 0.25) is 0 Å². The summed E-state index contributed by atoms with van der Waals surface area (Å²) in [6, 6.07) is 9.28. The van der Waals surface area contributed by atoms with E-state index >= 15 is 0 Å². The van der Waals surface area contributed by atoms with Gasteiger partial charge in [0.1, 0.15) is 23.4 Å². The van der Waals surface area contributed by atoms with E-state index < -0.39 is 4.92 Å². The first kappa shape index (κ1) is 20.3. The van der Waals surface area contributed by atoms with Crippen molar-refractivity contribution in [1.29, 1.82) is 0 Å². The number of methoxy groups -OCH3 is 1. The van der Waals surface area contributed by atoms with Gasteiger partial charge in [0.2, 0.25) is 0 Å². The van der Waals surface area contributed by atoms with Gasteiger partial charge in [0.15, 0.2) is 0 Å². The van der Waals surface area contributed by atoms with Gasteiger partial charge in [0.25, 0.3) is 0 Å². The number of aryl methyl sites for hydroxylation is 2. The summed E-state index contributed by atoms with van der Waals surface area (Å²) < 4.78 is 10.9. The summed E-state index contributed by atoms with van der Waals surface area (Å²) >= 11 is 0. The zero-order chi connectivity index (χ0) is 22.0. The minimum atomic E-state index is -0.440. The summed E-state index contributed by atoms with van der Waals surface area (Å²) in [7, 11) is 1.56. The largest absolute Gasteiger partial charge is 0.496 e. The minimum Gasteiger partial charge on any atom is -0.496 e. The van der Waals surface area contributed by atoms with Crippen molar-refractivity contribution in [3.05, 3.63) is 70.0 Å². The lowest BCUT2D eigenvalue weighted by atomic mass is 10.00. The van der Waals surface area contributed by atoms with E-state index in [4.69, 9.17) is 9.26 Å². The third-order valence-electron chi connectivity index (χ3n) is 5.08. The smallest absolute Gasteiger partial charge is 0.311 e. The molecule has 0 aliphatic heterocycles. The number of fused-ring (bicyclic) bond motifs is 1. The van der Waals surface area contributed by atoms with Crippen molar-refractivity contribution < 1.29 is 14.2 Å². The van der Waals surface area contributed by atoms with E-state index in [0.29, 0.717) is 41.1 Å². The zero-order valence-corrected chi connectivity index (χ0v) is 17.4. The van der Waals surface area contributed by atoms with Crippen LogP contribution < -0.4 is 10.1 Å². The number of anilines is 1. The first-order chi connectivity index (χ1) is 15.0. The van der Waals surface area contributed by atoms with Crippen LogP contribution in [0, 0.1) is 24.0 Å². The van der Waals surface area contributed by atoms with Crippen LogP contribution in [0.4, 0.5) is 11.4 Å². The average molecular weight is 419 g/mol. The summed E-state index contributed by atoms with van der Waals surface area (Å²) in [5.41, 5.74) is 4.12. The molecule has 0 saturated carbocycles. The molecule has 1 N–H and O–H groups in total. The number of hydrogen-bond acceptors (Lipinski definition) is 8. The lowest BCUT2D eigenvalue weighted by molar-refractivity contribution is -0.384. The molecule has 0 amide bonds. The SMILES string of the molecule is COc1cc2c(NCCc3ccccn3)c([N+](=O)[O-])cnc2cc1-c1c(C)noc1C. The van der Waals surface area contributed by atoms with Crippen molar-refractivity contribution in [2.24, 2.45) is 0 Å². The Morgan fingerprint density at radius 2 is 2.06 bits per heavy atom. The fraction of sp³-hybridized carbons (Fsp3) is 0.227. The Morgan fingerprint density at radius 1 is 1.23 bits per heavy atom. The van der Waals surface area contributed by atoms with Crippen LogP contribution in [0.1, 0.15) is 17.1 Å². The molecule has 0 radical (unpaired) electrons. The molecule has 0 spiro atoms. The van der Waals surface area contributed by atoms with Crippen LogP contribution in [0.3, 0.4) is 0 Å². The van der Waals surface area contributed by atoms with Crippen molar-refractivity contribution in [2.75, 3.05) is 19.0 Å². The van der Waals surface area contributed by atoms with Gasteiger partial charge in [-0.3, -0.25) is 15.1 Å². The van der Waals surface area contributed by atoms with Gasteiger partial charge in [-0.15, -0.1) is 0 Å². The second-order valence-electron chi connectivity index (χ2n) is 7.04. The fourth-order valence-electron chi connectivity index (χ4n) is 3.63. The highest BCUT2D eigenvalue weighted by atomic mass is 16.6. The summed E-state index contributed by atoms with van der Waals surface area (Å²) in [5.74, 6) is 1.21. The third-order valence-corrected chi connectivity index (χ3v) is 5.08. The van der Waals surface area contributed by atoms with Gasteiger partial charge in [-0.25, -0.2) is 4.98 Å².